The molecule has 21 heavy (non-hydrogen) atoms. The van der Waals surface area contributed by atoms with Gasteiger partial charge in [-0.05, 0) is 29.7 Å². The minimum Gasteiger partial charge on any atom is -0.309 e. The number of rotatable bonds is 6. The zero-order valence-corrected chi connectivity index (χ0v) is 13.8. The summed E-state index contributed by atoms with van der Waals surface area (Å²) in [6, 6.07) is 19.2. The van der Waals surface area contributed by atoms with Gasteiger partial charge in [0.05, 0.1) is 0 Å². The van der Waals surface area contributed by atoms with Gasteiger partial charge in [0.25, 0.3) is 0 Å². The molecule has 0 saturated carbocycles. The van der Waals surface area contributed by atoms with Crippen LogP contribution in [-0.2, 0) is 5.41 Å². The molecule has 2 rings (SSSR count). The molecule has 1 N–H and O–H groups in total. The fraction of sp³-hybridized carbons (Fsp3) is 0.368. The summed E-state index contributed by atoms with van der Waals surface area (Å²) in [5.41, 5.74) is 2.77. The molecular weight excluding hydrogens is 278 g/mol. The van der Waals surface area contributed by atoms with Crippen LogP contribution < -0.4 is 5.32 Å². The summed E-state index contributed by atoms with van der Waals surface area (Å²) in [7, 11) is 0. The third-order valence-corrected chi connectivity index (χ3v) is 4.28. The molecule has 0 saturated heterocycles. The van der Waals surface area contributed by atoms with Gasteiger partial charge in [-0.25, -0.2) is 0 Å². The zero-order chi connectivity index (χ0) is 15.3. The topological polar surface area (TPSA) is 12.0 Å². The normalized spacial score (nSPS) is 13.1. The van der Waals surface area contributed by atoms with Crippen LogP contribution in [0.1, 0.15) is 44.4 Å². The highest BCUT2D eigenvalue weighted by molar-refractivity contribution is 6.30. The van der Waals surface area contributed by atoms with E-state index in [4.69, 9.17) is 11.6 Å². The molecule has 0 radical (unpaired) electrons. The van der Waals surface area contributed by atoms with E-state index in [9.17, 15) is 0 Å². The van der Waals surface area contributed by atoms with Crippen molar-refractivity contribution in [1.82, 2.24) is 5.32 Å². The van der Waals surface area contributed by atoms with Crippen molar-refractivity contribution in [2.45, 2.75) is 38.6 Å². The Kier molecular flexibility index (Phi) is 5.44. The highest BCUT2D eigenvalue weighted by Crippen LogP contribution is 2.25. The molecule has 0 spiro atoms. The fourth-order valence-corrected chi connectivity index (χ4v) is 2.69. The maximum absolute atomic E-state index is 5.97. The van der Waals surface area contributed by atoms with Crippen LogP contribution in [0.15, 0.2) is 54.6 Å². The second kappa shape index (κ2) is 7.11. The molecule has 1 unspecified atom stereocenters. The van der Waals surface area contributed by atoms with Crippen molar-refractivity contribution in [3.05, 3.63) is 70.7 Å². The highest BCUT2D eigenvalue weighted by atomic mass is 35.5. The van der Waals surface area contributed by atoms with Crippen LogP contribution in [0.4, 0.5) is 0 Å². The number of halogens is 1. The van der Waals surface area contributed by atoms with E-state index in [0.717, 1.165) is 18.0 Å². The van der Waals surface area contributed by atoms with Crippen LogP contribution in [0, 0.1) is 0 Å². The van der Waals surface area contributed by atoms with E-state index >= 15 is 0 Å². The molecule has 0 fully saturated rings. The SMILES string of the molecule is CCC(NCC(C)(C)c1ccccc1)c1ccc(Cl)cc1. The molecule has 2 aromatic rings. The predicted molar refractivity (Wildman–Crippen MR) is 92.0 cm³/mol. The summed E-state index contributed by atoms with van der Waals surface area (Å²) >= 11 is 5.97. The molecule has 0 aliphatic carbocycles. The maximum atomic E-state index is 5.97. The average molecular weight is 302 g/mol. The molecule has 0 bridgehead atoms. The van der Waals surface area contributed by atoms with Crippen LogP contribution in [0.2, 0.25) is 5.02 Å². The fourth-order valence-electron chi connectivity index (χ4n) is 2.56. The summed E-state index contributed by atoms with van der Waals surface area (Å²) < 4.78 is 0. The van der Waals surface area contributed by atoms with Gasteiger partial charge in [0.15, 0.2) is 0 Å². The molecule has 112 valence electrons. The first-order valence-corrected chi connectivity index (χ1v) is 7.95. The minimum absolute atomic E-state index is 0.112. The van der Waals surface area contributed by atoms with Crippen molar-refractivity contribution in [3.8, 4) is 0 Å². The Labute approximate surface area is 133 Å². The van der Waals surface area contributed by atoms with Crippen LogP contribution in [-0.4, -0.2) is 6.54 Å². The molecule has 2 heteroatoms. The molecule has 0 aliphatic rings. The lowest BCUT2D eigenvalue weighted by atomic mass is 9.84. The van der Waals surface area contributed by atoms with Gasteiger partial charge in [-0.1, -0.05) is 74.8 Å². The predicted octanol–water partition coefficient (Wildman–Crippen LogP) is 5.36. The Hall–Kier alpha value is -1.31. The van der Waals surface area contributed by atoms with E-state index in [-0.39, 0.29) is 5.41 Å². The second-order valence-corrected chi connectivity index (χ2v) is 6.58. The summed E-state index contributed by atoms with van der Waals surface area (Å²) in [6.07, 6.45) is 1.06. The number of nitrogens with one attached hydrogen (secondary N) is 1. The summed E-state index contributed by atoms with van der Waals surface area (Å²) in [4.78, 5) is 0. The van der Waals surface area contributed by atoms with Crippen LogP contribution in [0.3, 0.4) is 0 Å². The first kappa shape index (κ1) is 16.1. The molecule has 0 amide bonds. The summed E-state index contributed by atoms with van der Waals surface area (Å²) in [5.74, 6) is 0. The highest BCUT2D eigenvalue weighted by Gasteiger charge is 2.21. The van der Waals surface area contributed by atoms with Gasteiger partial charge in [0.2, 0.25) is 0 Å². The van der Waals surface area contributed by atoms with Gasteiger partial charge >= 0.3 is 0 Å². The van der Waals surface area contributed by atoms with Gasteiger partial charge in [0.1, 0.15) is 0 Å². The van der Waals surface area contributed by atoms with E-state index < -0.39 is 0 Å². The lowest BCUT2D eigenvalue weighted by Gasteiger charge is -2.29. The van der Waals surface area contributed by atoms with Crippen molar-refractivity contribution in [2.24, 2.45) is 0 Å². The van der Waals surface area contributed by atoms with Crippen LogP contribution in [0.25, 0.3) is 0 Å². The van der Waals surface area contributed by atoms with E-state index in [0.29, 0.717) is 6.04 Å². The maximum Gasteiger partial charge on any atom is 0.0406 e. The largest absolute Gasteiger partial charge is 0.309 e. The van der Waals surface area contributed by atoms with Crippen LogP contribution >= 0.6 is 11.6 Å². The third kappa shape index (κ3) is 4.33. The molecule has 1 nitrogen and oxygen atoms in total. The monoisotopic (exact) mass is 301 g/mol. The standard InChI is InChI=1S/C19H24ClN/c1-4-18(15-10-12-17(20)13-11-15)21-14-19(2,3)16-8-6-5-7-9-16/h5-13,18,21H,4,14H2,1-3H3. The Bertz CT molecular complexity index is 546. The third-order valence-electron chi connectivity index (χ3n) is 4.03. The van der Waals surface area contributed by atoms with Crippen LogP contribution in [0.5, 0.6) is 0 Å². The van der Waals surface area contributed by atoms with Crippen molar-refractivity contribution in [2.75, 3.05) is 6.54 Å². The van der Waals surface area contributed by atoms with Gasteiger partial charge in [0, 0.05) is 23.0 Å². The number of hydrogen-bond donors (Lipinski definition) is 1. The lowest BCUT2D eigenvalue weighted by Crippen LogP contribution is -2.35. The Morgan fingerprint density at radius 3 is 2.19 bits per heavy atom. The molecular formula is C19H24ClN. The van der Waals surface area contributed by atoms with Crippen molar-refractivity contribution in [1.29, 1.82) is 0 Å². The van der Waals surface area contributed by atoms with Gasteiger partial charge < -0.3 is 5.32 Å². The molecule has 2 aromatic carbocycles. The first-order valence-electron chi connectivity index (χ1n) is 7.57. The van der Waals surface area contributed by atoms with Gasteiger partial charge in [-0.15, -0.1) is 0 Å². The minimum atomic E-state index is 0.112. The quantitative estimate of drug-likeness (QED) is 0.757. The van der Waals surface area contributed by atoms with Crippen molar-refractivity contribution in [3.63, 3.8) is 0 Å². The van der Waals surface area contributed by atoms with E-state index in [1.54, 1.807) is 0 Å². The van der Waals surface area contributed by atoms with E-state index in [1.807, 2.05) is 12.1 Å². The Morgan fingerprint density at radius 1 is 1.00 bits per heavy atom. The van der Waals surface area contributed by atoms with Crippen molar-refractivity contribution < 1.29 is 0 Å². The number of hydrogen-bond acceptors (Lipinski definition) is 1. The summed E-state index contributed by atoms with van der Waals surface area (Å²) in [6.45, 7) is 7.72. The van der Waals surface area contributed by atoms with Gasteiger partial charge in [-0.3, -0.25) is 0 Å². The Morgan fingerprint density at radius 2 is 1.62 bits per heavy atom. The van der Waals surface area contributed by atoms with E-state index in [2.05, 4.69) is 68.6 Å². The lowest BCUT2D eigenvalue weighted by molar-refractivity contribution is 0.416. The van der Waals surface area contributed by atoms with Gasteiger partial charge in [-0.2, -0.15) is 0 Å². The smallest absolute Gasteiger partial charge is 0.0406 e. The average Bonchev–Trinajstić information content (AvgIpc) is 2.50. The molecule has 0 heterocycles. The second-order valence-electron chi connectivity index (χ2n) is 6.14. The molecule has 0 aliphatic heterocycles. The summed E-state index contributed by atoms with van der Waals surface area (Å²) in [5, 5.41) is 4.49. The van der Waals surface area contributed by atoms with E-state index in [1.165, 1.54) is 11.1 Å². The molecule has 1 atom stereocenters. The molecule has 0 aromatic heterocycles. The zero-order valence-electron chi connectivity index (χ0n) is 13.1. The first-order chi connectivity index (χ1) is 10.0. The number of benzene rings is 2. The Balaban J connectivity index is 2.04. The van der Waals surface area contributed by atoms with Crippen molar-refractivity contribution >= 4 is 11.6 Å².